The number of benzene rings is 1. The first-order valence-corrected chi connectivity index (χ1v) is 5.75. The Morgan fingerprint density at radius 3 is 2.81 bits per heavy atom. The topological polar surface area (TPSA) is 38.7 Å². The molecule has 0 saturated carbocycles. The average Bonchev–Trinajstić information content (AvgIpc) is 2.31. The van der Waals surface area contributed by atoms with Gasteiger partial charge in [0.25, 0.3) is 0 Å². The van der Waals surface area contributed by atoms with Crippen molar-refractivity contribution in [1.82, 2.24) is 0 Å². The quantitative estimate of drug-likeness (QED) is 0.750. The van der Waals surface area contributed by atoms with Crippen molar-refractivity contribution in [1.29, 1.82) is 0 Å². The van der Waals surface area contributed by atoms with Crippen molar-refractivity contribution in [2.45, 2.75) is 20.0 Å². The first kappa shape index (κ1) is 13.3. The minimum atomic E-state index is -0.00747. The molecule has 3 nitrogen and oxygen atoms in total. The standard InChI is InChI=1S/C12H17ClO3/c1-2-15-6-3-7-16-12-8-10(9-14)4-5-11(12)13/h4-5,8,14H,2-3,6-7,9H2,1H3. The molecule has 1 aromatic carbocycles. The van der Waals surface area contributed by atoms with Crippen molar-refractivity contribution >= 4 is 11.6 Å². The third kappa shape index (κ3) is 4.39. The SMILES string of the molecule is CCOCCCOc1cc(CO)ccc1Cl. The summed E-state index contributed by atoms with van der Waals surface area (Å²) in [6.07, 6.45) is 0.827. The van der Waals surface area contributed by atoms with E-state index < -0.39 is 0 Å². The maximum Gasteiger partial charge on any atom is 0.138 e. The van der Waals surface area contributed by atoms with Gasteiger partial charge in [0.05, 0.1) is 18.2 Å². The van der Waals surface area contributed by atoms with Gasteiger partial charge in [0.15, 0.2) is 0 Å². The van der Waals surface area contributed by atoms with Gasteiger partial charge in [0, 0.05) is 19.6 Å². The van der Waals surface area contributed by atoms with Gasteiger partial charge in [-0.15, -0.1) is 0 Å². The third-order valence-electron chi connectivity index (χ3n) is 2.07. The maximum absolute atomic E-state index is 8.98. The molecule has 0 aliphatic heterocycles. The lowest BCUT2D eigenvalue weighted by Gasteiger charge is -2.09. The predicted octanol–water partition coefficient (Wildman–Crippen LogP) is 2.64. The molecule has 0 fully saturated rings. The molecule has 0 bridgehead atoms. The lowest BCUT2D eigenvalue weighted by molar-refractivity contribution is 0.131. The van der Waals surface area contributed by atoms with Crippen molar-refractivity contribution < 1.29 is 14.6 Å². The fraction of sp³-hybridized carbons (Fsp3) is 0.500. The van der Waals surface area contributed by atoms with Crippen molar-refractivity contribution in [3.05, 3.63) is 28.8 Å². The summed E-state index contributed by atoms with van der Waals surface area (Å²) in [5, 5.41) is 9.54. The van der Waals surface area contributed by atoms with Gasteiger partial charge in [-0.1, -0.05) is 17.7 Å². The lowest BCUT2D eigenvalue weighted by Crippen LogP contribution is -2.03. The van der Waals surface area contributed by atoms with Gasteiger partial charge in [0.1, 0.15) is 5.75 Å². The fourth-order valence-electron chi connectivity index (χ4n) is 1.24. The van der Waals surface area contributed by atoms with E-state index >= 15 is 0 Å². The molecule has 1 rings (SSSR count). The van der Waals surface area contributed by atoms with Crippen LogP contribution < -0.4 is 4.74 Å². The molecule has 0 radical (unpaired) electrons. The molecule has 0 heterocycles. The first-order valence-electron chi connectivity index (χ1n) is 5.37. The fourth-order valence-corrected chi connectivity index (χ4v) is 1.42. The van der Waals surface area contributed by atoms with Gasteiger partial charge < -0.3 is 14.6 Å². The van der Waals surface area contributed by atoms with Crippen LogP contribution in [0.4, 0.5) is 0 Å². The number of aliphatic hydroxyl groups is 1. The average molecular weight is 245 g/mol. The van der Waals surface area contributed by atoms with Crippen molar-refractivity contribution in [3.8, 4) is 5.75 Å². The number of halogens is 1. The lowest BCUT2D eigenvalue weighted by atomic mass is 10.2. The van der Waals surface area contributed by atoms with E-state index in [0.29, 0.717) is 24.0 Å². The summed E-state index contributed by atoms with van der Waals surface area (Å²) in [5.41, 5.74) is 0.796. The van der Waals surface area contributed by atoms with Gasteiger partial charge in [-0.2, -0.15) is 0 Å². The summed E-state index contributed by atoms with van der Waals surface area (Å²) in [6.45, 7) is 3.93. The van der Waals surface area contributed by atoms with Crippen LogP contribution in [0, 0.1) is 0 Å². The Balaban J connectivity index is 2.40. The van der Waals surface area contributed by atoms with E-state index in [9.17, 15) is 0 Å². The van der Waals surface area contributed by atoms with Gasteiger partial charge in [-0.05, 0) is 24.6 Å². The largest absolute Gasteiger partial charge is 0.492 e. The minimum Gasteiger partial charge on any atom is -0.492 e. The highest BCUT2D eigenvalue weighted by Gasteiger charge is 2.02. The van der Waals surface area contributed by atoms with Crippen molar-refractivity contribution in [2.24, 2.45) is 0 Å². The zero-order valence-electron chi connectivity index (χ0n) is 9.41. The smallest absolute Gasteiger partial charge is 0.138 e. The molecule has 90 valence electrons. The molecule has 1 N–H and O–H groups in total. The summed E-state index contributed by atoms with van der Waals surface area (Å²) in [7, 11) is 0. The maximum atomic E-state index is 8.98. The number of hydrogen-bond acceptors (Lipinski definition) is 3. The number of hydrogen-bond donors (Lipinski definition) is 1. The summed E-state index contributed by atoms with van der Waals surface area (Å²) >= 11 is 5.96. The van der Waals surface area contributed by atoms with Crippen LogP contribution in [0.1, 0.15) is 18.9 Å². The molecular weight excluding hydrogens is 228 g/mol. The highest BCUT2D eigenvalue weighted by Crippen LogP contribution is 2.25. The minimum absolute atomic E-state index is 0.00747. The van der Waals surface area contributed by atoms with Gasteiger partial charge in [-0.3, -0.25) is 0 Å². The molecule has 0 aliphatic carbocycles. The van der Waals surface area contributed by atoms with E-state index in [2.05, 4.69) is 0 Å². The Kier molecular flexibility index (Phi) is 6.23. The third-order valence-corrected chi connectivity index (χ3v) is 2.39. The van der Waals surface area contributed by atoms with Crippen LogP contribution in [-0.4, -0.2) is 24.9 Å². The number of rotatable bonds is 7. The summed E-state index contributed by atoms with van der Waals surface area (Å²) in [5.74, 6) is 0.615. The highest BCUT2D eigenvalue weighted by molar-refractivity contribution is 6.32. The van der Waals surface area contributed by atoms with Crippen LogP contribution in [0.25, 0.3) is 0 Å². The Bertz CT molecular complexity index is 315. The van der Waals surface area contributed by atoms with E-state index in [4.69, 9.17) is 26.2 Å². The van der Waals surface area contributed by atoms with E-state index in [0.717, 1.165) is 18.6 Å². The molecule has 1 aromatic rings. The monoisotopic (exact) mass is 244 g/mol. The van der Waals surface area contributed by atoms with Crippen LogP contribution in [0.5, 0.6) is 5.75 Å². The van der Waals surface area contributed by atoms with E-state index in [1.165, 1.54) is 0 Å². The number of ether oxygens (including phenoxy) is 2. The second-order valence-electron chi connectivity index (χ2n) is 3.32. The second kappa shape index (κ2) is 7.49. The molecule has 0 amide bonds. The summed E-state index contributed by atoms with van der Waals surface area (Å²) < 4.78 is 10.7. The molecule has 4 heteroatoms. The van der Waals surface area contributed by atoms with Gasteiger partial charge >= 0.3 is 0 Å². The highest BCUT2D eigenvalue weighted by atomic mass is 35.5. The van der Waals surface area contributed by atoms with Crippen LogP contribution in [0.2, 0.25) is 5.02 Å². The molecule has 0 aromatic heterocycles. The molecule has 0 saturated heterocycles. The van der Waals surface area contributed by atoms with Crippen LogP contribution in [0.15, 0.2) is 18.2 Å². The van der Waals surface area contributed by atoms with Gasteiger partial charge in [0.2, 0.25) is 0 Å². The Morgan fingerprint density at radius 2 is 2.12 bits per heavy atom. The molecule has 16 heavy (non-hydrogen) atoms. The molecule has 0 spiro atoms. The van der Waals surface area contributed by atoms with E-state index in [-0.39, 0.29) is 6.61 Å². The molecule has 0 unspecified atom stereocenters. The van der Waals surface area contributed by atoms with Crippen LogP contribution >= 0.6 is 11.6 Å². The first-order chi connectivity index (χ1) is 7.77. The van der Waals surface area contributed by atoms with E-state index in [1.807, 2.05) is 6.92 Å². The molecule has 0 atom stereocenters. The molecule has 0 aliphatic rings. The molecular formula is C12H17ClO3. The van der Waals surface area contributed by atoms with Crippen molar-refractivity contribution in [2.75, 3.05) is 19.8 Å². The van der Waals surface area contributed by atoms with Crippen LogP contribution in [-0.2, 0) is 11.3 Å². The Labute approximate surface area is 101 Å². The summed E-state index contributed by atoms with van der Waals surface area (Å²) in [6, 6.07) is 5.25. The zero-order valence-corrected chi connectivity index (χ0v) is 10.2. The zero-order chi connectivity index (χ0) is 11.8. The predicted molar refractivity (Wildman–Crippen MR) is 64.0 cm³/mol. The number of aliphatic hydroxyl groups excluding tert-OH is 1. The van der Waals surface area contributed by atoms with Crippen LogP contribution in [0.3, 0.4) is 0 Å². The second-order valence-corrected chi connectivity index (χ2v) is 3.73. The van der Waals surface area contributed by atoms with Gasteiger partial charge in [-0.25, -0.2) is 0 Å². The summed E-state index contributed by atoms with van der Waals surface area (Å²) in [4.78, 5) is 0. The Hall–Kier alpha value is -0.770. The van der Waals surface area contributed by atoms with E-state index in [1.54, 1.807) is 18.2 Å². The Morgan fingerprint density at radius 1 is 1.31 bits per heavy atom. The van der Waals surface area contributed by atoms with Crippen molar-refractivity contribution in [3.63, 3.8) is 0 Å². The normalized spacial score (nSPS) is 10.4.